The van der Waals surface area contributed by atoms with Gasteiger partial charge in [-0.1, -0.05) is 181 Å². The number of carbonyl (C=O) groups excluding carboxylic acids is 2. The third-order valence-electron chi connectivity index (χ3n) is 10.1. The number of carbonyl (C=O) groups is 2. The molecule has 0 saturated carbocycles. The van der Waals surface area contributed by atoms with Crippen molar-refractivity contribution in [2.45, 2.75) is 251 Å². The summed E-state index contributed by atoms with van der Waals surface area (Å²) >= 11 is 0. The minimum atomic E-state index is -0.778. The van der Waals surface area contributed by atoms with Crippen molar-refractivity contribution >= 4 is 11.9 Å². The molecule has 296 valence electrons. The van der Waals surface area contributed by atoms with Crippen molar-refractivity contribution < 1.29 is 24.5 Å². The predicted octanol–water partition coefficient (Wildman–Crippen LogP) is 12.2. The van der Waals surface area contributed by atoms with Gasteiger partial charge in [-0.3, -0.25) is 9.59 Å². The summed E-state index contributed by atoms with van der Waals surface area (Å²) in [5.74, 6) is -0.477. The molecule has 0 aromatic rings. The maximum atomic E-state index is 13.0. The highest BCUT2D eigenvalue weighted by Crippen LogP contribution is 2.17. The van der Waals surface area contributed by atoms with Gasteiger partial charge < -0.3 is 20.3 Å². The summed E-state index contributed by atoms with van der Waals surface area (Å²) in [7, 11) is 0. The molecule has 50 heavy (non-hydrogen) atoms. The number of rotatable bonds is 39. The van der Waals surface area contributed by atoms with Crippen molar-refractivity contribution in [2.75, 3.05) is 6.61 Å². The third kappa shape index (κ3) is 33.7. The molecule has 0 heterocycles. The zero-order chi connectivity index (χ0) is 36.8. The molecule has 0 aromatic heterocycles. The van der Waals surface area contributed by atoms with Crippen LogP contribution in [0.1, 0.15) is 233 Å². The Morgan fingerprint density at radius 1 is 0.560 bits per heavy atom. The fourth-order valence-electron chi connectivity index (χ4n) is 6.72. The number of hydrogen-bond acceptors (Lipinski definition) is 5. The van der Waals surface area contributed by atoms with Gasteiger partial charge in [-0.25, -0.2) is 0 Å². The fourth-order valence-corrected chi connectivity index (χ4v) is 6.72. The molecule has 0 saturated heterocycles. The third-order valence-corrected chi connectivity index (χ3v) is 10.1. The summed E-state index contributed by atoms with van der Waals surface area (Å²) in [6, 6.07) is -0.691. The number of aliphatic hydroxyl groups excluding tert-OH is 2. The quantitative estimate of drug-likeness (QED) is 0.0336. The van der Waals surface area contributed by atoms with E-state index in [0.29, 0.717) is 19.3 Å². The number of esters is 1. The van der Waals surface area contributed by atoms with Crippen LogP contribution in [0.25, 0.3) is 0 Å². The van der Waals surface area contributed by atoms with Crippen LogP contribution in [0.4, 0.5) is 0 Å². The minimum Gasteiger partial charge on any atom is -0.462 e. The van der Waals surface area contributed by atoms with Crippen molar-refractivity contribution in [3.8, 4) is 0 Å². The van der Waals surface area contributed by atoms with E-state index >= 15 is 0 Å². The van der Waals surface area contributed by atoms with Gasteiger partial charge in [0.1, 0.15) is 6.10 Å². The van der Waals surface area contributed by atoms with Gasteiger partial charge in [0.05, 0.1) is 25.2 Å². The summed E-state index contributed by atoms with van der Waals surface area (Å²) in [4.78, 5) is 25.8. The van der Waals surface area contributed by atoms with Crippen LogP contribution in [-0.4, -0.2) is 46.9 Å². The molecule has 0 aliphatic carbocycles. The smallest absolute Gasteiger partial charge is 0.306 e. The second-order valence-corrected chi connectivity index (χ2v) is 15.1. The molecule has 3 unspecified atom stereocenters. The molecule has 0 spiro atoms. The summed E-state index contributed by atoms with van der Waals surface area (Å²) < 4.78 is 5.86. The number of aliphatic hydroxyl groups is 2. The number of amides is 1. The van der Waals surface area contributed by atoms with Crippen LogP contribution in [0.15, 0.2) is 12.2 Å². The zero-order valence-corrected chi connectivity index (χ0v) is 33.5. The largest absolute Gasteiger partial charge is 0.462 e. The number of unbranched alkanes of at least 4 members (excludes halogenated alkanes) is 25. The lowest BCUT2D eigenvalue weighted by Gasteiger charge is -2.24. The van der Waals surface area contributed by atoms with Gasteiger partial charge >= 0.3 is 5.97 Å². The highest BCUT2D eigenvalue weighted by Gasteiger charge is 2.24. The van der Waals surface area contributed by atoms with Gasteiger partial charge in [-0.2, -0.15) is 0 Å². The SMILES string of the molecule is CCCCCC/C=C\CCCCCCCCCC(=O)OC(CCCCCCCCC)CC(=O)NC(CO)C(O)CCCCCCCCCCC. The molecule has 6 heteroatoms. The molecule has 0 fully saturated rings. The Kier molecular flexibility index (Phi) is 37.7. The normalized spacial score (nSPS) is 13.5. The van der Waals surface area contributed by atoms with E-state index in [1.54, 1.807) is 0 Å². The molecule has 3 N–H and O–H groups in total. The highest BCUT2D eigenvalue weighted by molar-refractivity contribution is 5.77. The van der Waals surface area contributed by atoms with Gasteiger partial charge in [-0.15, -0.1) is 0 Å². The van der Waals surface area contributed by atoms with Crippen molar-refractivity contribution in [1.82, 2.24) is 5.32 Å². The van der Waals surface area contributed by atoms with Gasteiger partial charge in [-0.05, 0) is 51.4 Å². The number of nitrogens with one attached hydrogen (secondary N) is 1. The van der Waals surface area contributed by atoms with Crippen LogP contribution in [0.2, 0.25) is 0 Å². The van der Waals surface area contributed by atoms with E-state index in [-0.39, 0.29) is 24.9 Å². The average molecular weight is 708 g/mol. The van der Waals surface area contributed by atoms with E-state index in [2.05, 4.69) is 38.2 Å². The first kappa shape index (κ1) is 48.6. The first-order valence-electron chi connectivity index (χ1n) is 21.9. The van der Waals surface area contributed by atoms with Crippen molar-refractivity contribution in [3.63, 3.8) is 0 Å². The molecular weight excluding hydrogens is 622 g/mol. The zero-order valence-electron chi connectivity index (χ0n) is 33.5. The first-order valence-corrected chi connectivity index (χ1v) is 21.9. The molecule has 6 nitrogen and oxygen atoms in total. The van der Waals surface area contributed by atoms with E-state index in [0.717, 1.165) is 51.4 Å². The molecule has 0 aliphatic heterocycles. The maximum Gasteiger partial charge on any atom is 0.306 e. The Balaban J connectivity index is 4.43. The Labute approximate surface area is 310 Å². The first-order chi connectivity index (χ1) is 24.5. The molecular formula is C44H85NO5. The number of hydrogen-bond donors (Lipinski definition) is 3. The van der Waals surface area contributed by atoms with Crippen LogP contribution < -0.4 is 5.32 Å². The summed E-state index contributed by atoms with van der Waals surface area (Å²) in [6.45, 7) is 6.41. The monoisotopic (exact) mass is 708 g/mol. The summed E-state index contributed by atoms with van der Waals surface area (Å²) in [5, 5.41) is 23.5. The second kappa shape index (κ2) is 38.8. The molecule has 0 radical (unpaired) electrons. The summed E-state index contributed by atoms with van der Waals surface area (Å²) in [6.07, 6.45) is 40.0. The predicted molar refractivity (Wildman–Crippen MR) is 213 cm³/mol. The lowest BCUT2D eigenvalue weighted by Crippen LogP contribution is -2.46. The van der Waals surface area contributed by atoms with Gasteiger partial charge in [0, 0.05) is 6.42 Å². The topological polar surface area (TPSA) is 95.9 Å². The molecule has 0 aliphatic rings. The van der Waals surface area contributed by atoms with Crippen molar-refractivity contribution in [2.24, 2.45) is 0 Å². The van der Waals surface area contributed by atoms with E-state index in [1.807, 2.05) is 0 Å². The van der Waals surface area contributed by atoms with Crippen LogP contribution in [0.3, 0.4) is 0 Å². The highest BCUT2D eigenvalue weighted by atomic mass is 16.5. The molecule has 3 atom stereocenters. The minimum absolute atomic E-state index is 0.0802. The molecule has 1 amide bonds. The fraction of sp³-hybridized carbons (Fsp3) is 0.909. The lowest BCUT2D eigenvalue weighted by molar-refractivity contribution is -0.151. The van der Waals surface area contributed by atoms with Gasteiger partial charge in [0.2, 0.25) is 5.91 Å². The van der Waals surface area contributed by atoms with Crippen molar-refractivity contribution in [1.29, 1.82) is 0 Å². The van der Waals surface area contributed by atoms with Crippen LogP contribution in [-0.2, 0) is 14.3 Å². The number of ether oxygens (including phenoxy) is 1. The number of allylic oxidation sites excluding steroid dienone is 2. The standard InChI is InChI=1S/C44H85NO5/c1-4-7-10-13-16-18-19-20-21-22-23-25-28-31-34-37-44(49)50-40(35-32-29-26-15-12-9-6-3)38-43(48)45-41(39-46)42(47)36-33-30-27-24-17-14-11-8-5-2/h18-19,40-42,46-47H,4-17,20-39H2,1-3H3,(H,45,48)/b19-18-. The van der Waals surface area contributed by atoms with E-state index in [9.17, 15) is 19.8 Å². The van der Waals surface area contributed by atoms with E-state index in [4.69, 9.17) is 4.74 Å². The Bertz CT molecular complexity index is 757. The lowest BCUT2D eigenvalue weighted by atomic mass is 10.0. The van der Waals surface area contributed by atoms with E-state index < -0.39 is 18.2 Å². The Morgan fingerprint density at radius 3 is 1.44 bits per heavy atom. The second-order valence-electron chi connectivity index (χ2n) is 15.1. The van der Waals surface area contributed by atoms with Crippen molar-refractivity contribution in [3.05, 3.63) is 12.2 Å². The molecule has 0 bridgehead atoms. The Hall–Kier alpha value is -1.40. The molecule has 0 rings (SSSR count). The van der Waals surface area contributed by atoms with Gasteiger partial charge in [0.15, 0.2) is 0 Å². The van der Waals surface area contributed by atoms with Gasteiger partial charge in [0.25, 0.3) is 0 Å². The van der Waals surface area contributed by atoms with E-state index in [1.165, 1.54) is 135 Å². The van der Waals surface area contributed by atoms with Crippen LogP contribution in [0, 0.1) is 0 Å². The molecule has 0 aromatic carbocycles. The average Bonchev–Trinajstić information content (AvgIpc) is 3.10. The summed E-state index contributed by atoms with van der Waals surface area (Å²) in [5.41, 5.74) is 0. The maximum absolute atomic E-state index is 13.0. The van der Waals surface area contributed by atoms with Crippen LogP contribution >= 0.6 is 0 Å². The Morgan fingerprint density at radius 2 is 0.960 bits per heavy atom. The van der Waals surface area contributed by atoms with Crippen LogP contribution in [0.5, 0.6) is 0 Å².